The number of nitrogens with one attached hydrogen (secondary N) is 2. The molecule has 0 heterocycles. The Morgan fingerprint density at radius 2 is 1.88 bits per heavy atom. The maximum Gasteiger partial charge on any atom is 0.242 e. The number of hydrogen-bond donors (Lipinski definition) is 2. The lowest BCUT2D eigenvalue weighted by Crippen LogP contribution is -2.44. The van der Waals surface area contributed by atoms with E-state index in [1.54, 1.807) is 0 Å². The van der Waals surface area contributed by atoms with Crippen LogP contribution in [0.4, 0.5) is 5.69 Å². The molecule has 0 bridgehead atoms. The van der Waals surface area contributed by atoms with E-state index in [1.165, 1.54) is 19.3 Å². The maximum absolute atomic E-state index is 12.4. The third kappa shape index (κ3) is 5.32. The Balaban J connectivity index is 2.01. The van der Waals surface area contributed by atoms with E-state index < -0.39 is 0 Å². The minimum Gasteiger partial charge on any atom is -0.494 e. The molecule has 1 fully saturated rings. The van der Waals surface area contributed by atoms with Gasteiger partial charge in [0.15, 0.2) is 0 Å². The van der Waals surface area contributed by atoms with Crippen LogP contribution in [0.1, 0.15) is 52.9 Å². The summed E-state index contributed by atoms with van der Waals surface area (Å²) in [6, 6.07) is 5.63. The van der Waals surface area contributed by atoms with E-state index in [4.69, 9.17) is 9.47 Å². The van der Waals surface area contributed by atoms with Gasteiger partial charge in [-0.05, 0) is 45.7 Å². The molecular weight excluding hydrogens is 304 g/mol. The van der Waals surface area contributed by atoms with Crippen LogP contribution in [0.5, 0.6) is 11.5 Å². The SMILES string of the molecule is CCOc1ccc(OCC)c(NC(C)C(=O)NC2CCCCC2)c1. The fraction of sp³-hybridized carbons (Fsp3) is 0.632. The van der Waals surface area contributed by atoms with Crippen LogP contribution in [0.3, 0.4) is 0 Å². The zero-order valence-electron chi connectivity index (χ0n) is 15.1. The number of carbonyl (C=O) groups excluding carboxylic acids is 1. The van der Waals surface area contributed by atoms with Gasteiger partial charge in [0.05, 0.1) is 18.9 Å². The van der Waals surface area contributed by atoms with E-state index in [0.29, 0.717) is 19.3 Å². The number of rotatable bonds is 8. The van der Waals surface area contributed by atoms with Gasteiger partial charge < -0.3 is 20.1 Å². The van der Waals surface area contributed by atoms with Crippen LogP contribution in [0.25, 0.3) is 0 Å². The zero-order chi connectivity index (χ0) is 17.4. The highest BCUT2D eigenvalue weighted by Crippen LogP contribution is 2.30. The Bertz CT molecular complexity index is 527. The Morgan fingerprint density at radius 3 is 2.54 bits per heavy atom. The van der Waals surface area contributed by atoms with Crippen molar-refractivity contribution < 1.29 is 14.3 Å². The summed E-state index contributed by atoms with van der Waals surface area (Å²) in [7, 11) is 0. The van der Waals surface area contributed by atoms with Crippen molar-refractivity contribution in [3.8, 4) is 11.5 Å². The first-order chi connectivity index (χ1) is 11.6. The van der Waals surface area contributed by atoms with Crippen molar-refractivity contribution in [1.82, 2.24) is 5.32 Å². The molecule has 24 heavy (non-hydrogen) atoms. The first kappa shape index (κ1) is 18.4. The van der Waals surface area contributed by atoms with E-state index >= 15 is 0 Å². The van der Waals surface area contributed by atoms with Gasteiger partial charge in [0, 0.05) is 12.1 Å². The summed E-state index contributed by atoms with van der Waals surface area (Å²) in [5.41, 5.74) is 0.786. The predicted molar refractivity (Wildman–Crippen MR) is 96.9 cm³/mol. The number of anilines is 1. The zero-order valence-corrected chi connectivity index (χ0v) is 15.1. The second kappa shape index (κ2) is 9.40. The normalized spacial score (nSPS) is 16.3. The first-order valence-corrected chi connectivity index (χ1v) is 9.10. The quantitative estimate of drug-likeness (QED) is 0.760. The Hall–Kier alpha value is -1.91. The molecule has 2 rings (SSSR count). The molecule has 1 unspecified atom stereocenters. The molecule has 0 aliphatic heterocycles. The van der Waals surface area contributed by atoms with Crippen molar-refractivity contribution in [1.29, 1.82) is 0 Å². The highest BCUT2D eigenvalue weighted by molar-refractivity contribution is 5.85. The van der Waals surface area contributed by atoms with Crippen LogP contribution in [-0.2, 0) is 4.79 Å². The van der Waals surface area contributed by atoms with Crippen molar-refractivity contribution in [3.05, 3.63) is 18.2 Å². The number of amides is 1. The molecule has 0 spiro atoms. The fourth-order valence-corrected chi connectivity index (χ4v) is 3.03. The largest absolute Gasteiger partial charge is 0.494 e. The standard InChI is InChI=1S/C19H30N2O3/c1-4-23-16-11-12-18(24-5-2)17(13-16)20-14(3)19(22)21-15-9-7-6-8-10-15/h11-15,20H,4-10H2,1-3H3,(H,21,22). The number of benzene rings is 1. The summed E-state index contributed by atoms with van der Waals surface area (Å²) >= 11 is 0. The lowest BCUT2D eigenvalue weighted by Gasteiger charge is -2.25. The molecule has 134 valence electrons. The fourth-order valence-electron chi connectivity index (χ4n) is 3.03. The Kier molecular flexibility index (Phi) is 7.22. The minimum absolute atomic E-state index is 0.0335. The summed E-state index contributed by atoms with van der Waals surface area (Å²) in [4.78, 5) is 12.4. The van der Waals surface area contributed by atoms with Crippen molar-refractivity contribution in [3.63, 3.8) is 0 Å². The van der Waals surface area contributed by atoms with Gasteiger partial charge in [-0.1, -0.05) is 19.3 Å². The second-order valence-electron chi connectivity index (χ2n) is 6.23. The minimum atomic E-state index is -0.331. The van der Waals surface area contributed by atoms with Gasteiger partial charge in [0.2, 0.25) is 5.91 Å². The highest BCUT2D eigenvalue weighted by Gasteiger charge is 2.20. The van der Waals surface area contributed by atoms with Gasteiger partial charge in [0.1, 0.15) is 17.5 Å². The molecule has 1 amide bonds. The Morgan fingerprint density at radius 1 is 1.17 bits per heavy atom. The second-order valence-corrected chi connectivity index (χ2v) is 6.23. The van der Waals surface area contributed by atoms with Crippen molar-refractivity contribution in [2.45, 2.75) is 65.0 Å². The lowest BCUT2D eigenvalue weighted by molar-refractivity contribution is -0.122. The molecule has 1 saturated carbocycles. The molecule has 1 atom stereocenters. The number of ether oxygens (including phenoxy) is 2. The van der Waals surface area contributed by atoms with Gasteiger partial charge in [-0.15, -0.1) is 0 Å². The third-order valence-electron chi connectivity index (χ3n) is 4.28. The molecule has 0 saturated heterocycles. The van der Waals surface area contributed by atoms with Crippen LogP contribution in [0, 0.1) is 0 Å². The Labute approximate surface area is 145 Å². The topological polar surface area (TPSA) is 59.6 Å². The molecule has 5 nitrogen and oxygen atoms in total. The third-order valence-corrected chi connectivity index (χ3v) is 4.28. The average molecular weight is 334 g/mol. The summed E-state index contributed by atoms with van der Waals surface area (Å²) in [5, 5.41) is 6.42. The van der Waals surface area contributed by atoms with Gasteiger partial charge in [-0.25, -0.2) is 0 Å². The molecule has 0 aromatic heterocycles. The maximum atomic E-state index is 12.4. The monoisotopic (exact) mass is 334 g/mol. The molecule has 1 aliphatic carbocycles. The van der Waals surface area contributed by atoms with E-state index in [2.05, 4.69) is 10.6 Å². The summed E-state index contributed by atoms with van der Waals surface area (Å²) in [6.45, 7) is 6.95. The number of carbonyl (C=O) groups is 1. The molecule has 5 heteroatoms. The van der Waals surface area contributed by atoms with Gasteiger partial charge in [-0.2, -0.15) is 0 Å². The van der Waals surface area contributed by atoms with E-state index in [9.17, 15) is 4.79 Å². The summed E-state index contributed by atoms with van der Waals surface area (Å²) in [6.07, 6.45) is 5.86. The van der Waals surface area contributed by atoms with Crippen LogP contribution in [0.2, 0.25) is 0 Å². The van der Waals surface area contributed by atoms with Crippen LogP contribution in [0.15, 0.2) is 18.2 Å². The van der Waals surface area contributed by atoms with E-state index in [0.717, 1.165) is 30.0 Å². The molecule has 1 aliphatic rings. The van der Waals surface area contributed by atoms with Gasteiger partial charge in [-0.3, -0.25) is 4.79 Å². The van der Waals surface area contributed by atoms with Crippen LogP contribution < -0.4 is 20.1 Å². The van der Waals surface area contributed by atoms with Crippen LogP contribution >= 0.6 is 0 Å². The molecule has 0 radical (unpaired) electrons. The predicted octanol–water partition coefficient (Wildman–Crippen LogP) is 3.73. The van der Waals surface area contributed by atoms with Crippen molar-refractivity contribution in [2.75, 3.05) is 18.5 Å². The molecule has 1 aromatic carbocycles. The first-order valence-electron chi connectivity index (χ1n) is 9.10. The van der Waals surface area contributed by atoms with Crippen molar-refractivity contribution >= 4 is 11.6 Å². The average Bonchev–Trinajstić information content (AvgIpc) is 2.58. The summed E-state index contributed by atoms with van der Waals surface area (Å²) in [5.74, 6) is 1.53. The highest BCUT2D eigenvalue weighted by atomic mass is 16.5. The smallest absolute Gasteiger partial charge is 0.242 e. The van der Waals surface area contributed by atoms with E-state index in [1.807, 2.05) is 39.0 Å². The van der Waals surface area contributed by atoms with Crippen LogP contribution in [-0.4, -0.2) is 31.2 Å². The van der Waals surface area contributed by atoms with Crippen molar-refractivity contribution in [2.24, 2.45) is 0 Å². The molecule has 1 aromatic rings. The molecular formula is C19H30N2O3. The van der Waals surface area contributed by atoms with E-state index in [-0.39, 0.29) is 11.9 Å². The summed E-state index contributed by atoms with van der Waals surface area (Å²) < 4.78 is 11.2. The molecule has 2 N–H and O–H groups in total. The lowest BCUT2D eigenvalue weighted by atomic mass is 9.95. The number of hydrogen-bond acceptors (Lipinski definition) is 4. The van der Waals surface area contributed by atoms with Gasteiger partial charge >= 0.3 is 0 Å². The van der Waals surface area contributed by atoms with Gasteiger partial charge in [0.25, 0.3) is 0 Å².